The zero-order chi connectivity index (χ0) is 22.9. The van der Waals surface area contributed by atoms with Gasteiger partial charge in [-0.15, -0.1) is 0 Å². The Labute approximate surface area is 192 Å². The smallest absolute Gasteiger partial charge is 0.410 e. The molecule has 2 aliphatic heterocycles. The van der Waals surface area contributed by atoms with Crippen molar-refractivity contribution in [2.24, 2.45) is 0 Å². The number of nitrogens with zero attached hydrogens (tertiary/aromatic N) is 2. The maximum atomic E-state index is 12.6. The minimum Gasteiger partial charge on any atom is -0.490 e. The summed E-state index contributed by atoms with van der Waals surface area (Å²) >= 11 is 1.61. The van der Waals surface area contributed by atoms with Crippen LogP contribution in [0.3, 0.4) is 0 Å². The number of para-hydroxylation sites is 1. The van der Waals surface area contributed by atoms with E-state index in [1.807, 2.05) is 36.6 Å². The molecule has 2 atom stereocenters. The van der Waals surface area contributed by atoms with E-state index in [2.05, 4.69) is 5.32 Å². The number of nitrogens with one attached hydrogen (secondary N) is 1. The summed E-state index contributed by atoms with van der Waals surface area (Å²) in [5, 5.41) is 2.78. The molecular formula is C22H31N3O6S. The Morgan fingerprint density at radius 1 is 1.25 bits per heavy atom. The molecule has 3 rings (SSSR count). The molecule has 1 aromatic carbocycles. The van der Waals surface area contributed by atoms with E-state index in [1.54, 1.807) is 21.6 Å². The van der Waals surface area contributed by atoms with Gasteiger partial charge in [-0.2, -0.15) is 11.8 Å². The third-order valence-corrected chi connectivity index (χ3v) is 6.31. The second-order valence-corrected chi connectivity index (χ2v) is 8.79. The zero-order valence-electron chi connectivity index (χ0n) is 18.5. The number of amides is 3. The first kappa shape index (κ1) is 24.0. The molecule has 10 heteroatoms. The fourth-order valence-electron chi connectivity index (χ4n) is 3.88. The summed E-state index contributed by atoms with van der Waals surface area (Å²) in [5.41, 5.74) is 0. The first-order valence-corrected chi connectivity index (χ1v) is 12.2. The molecule has 0 radical (unpaired) electrons. The van der Waals surface area contributed by atoms with Gasteiger partial charge in [0.2, 0.25) is 0 Å². The summed E-state index contributed by atoms with van der Waals surface area (Å²) in [6, 6.07) is 8.50. The molecule has 2 heterocycles. The van der Waals surface area contributed by atoms with Crippen molar-refractivity contribution in [3.8, 4) is 5.75 Å². The topological polar surface area (TPSA) is 97.4 Å². The van der Waals surface area contributed by atoms with Gasteiger partial charge >= 0.3 is 18.1 Å². The molecule has 2 fully saturated rings. The average Bonchev–Trinajstić information content (AvgIpc) is 3.20. The fourth-order valence-corrected chi connectivity index (χ4v) is 4.35. The quantitative estimate of drug-likeness (QED) is 0.559. The van der Waals surface area contributed by atoms with Crippen LogP contribution in [-0.2, 0) is 14.3 Å². The van der Waals surface area contributed by atoms with Crippen LogP contribution in [0.25, 0.3) is 0 Å². The molecule has 2 aliphatic rings. The van der Waals surface area contributed by atoms with Gasteiger partial charge in [-0.1, -0.05) is 18.2 Å². The molecule has 3 amide bonds. The number of methoxy groups -OCH3 is 1. The Kier molecular flexibility index (Phi) is 8.90. The molecule has 9 nitrogen and oxygen atoms in total. The van der Waals surface area contributed by atoms with Crippen molar-refractivity contribution in [1.29, 1.82) is 0 Å². The highest BCUT2D eigenvalue weighted by Crippen LogP contribution is 2.23. The molecule has 2 saturated heterocycles. The molecule has 0 saturated carbocycles. The van der Waals surface area contributed by atoms with E-state index in [0.717, 1.165) is 11.5 Å². The number of hydrogen-bond donors (Lipinski definition) is 1. The first-order chi connectivity index (χ1) is 15.5. The fraction of sp³-hybridized carbons (Fsp3) is 0.591. The van der Waals surface area contributed by atoms with Crippen molar-refractivity contribution in [2.45, 2.75) is 37.5 Å². The highest BCUT2D eigenvalue weighted by atomic mass is 32.2. The normalized spacial score (nSPS) is 19.9. The molecule has 176 valence electrons. The van der Waals surface area contributed by atoms with Crippen LogP contribution in [0.2, 0.25) is 0 Å². The monoisotopic (exact) mass is 465 g/mol. The number of rotatable bonds is 9. The number of hydrogen-bond acceptors (Lipinski definition) is 7. The second kappa shape index (κ2) is 11.8. The van der Waals surface area contributed by atoms with Gasteiger partial charge in [0, 0.05) is 19.1 Å². The molecule has 32 heavy (non-hydrogen) atoms. The minimum absolute atomic E-state index is 0.0150. The Morgan fingerprint density at radius 3 is 2.62 bits per heavy atom. The van der Waals surface area contributed by atoms with Gasteiger partial charge in [0.15, 0.2) is 6.10 Å². The second-order valence-electron chi connectivity index (χ2n) is 7.81. The molecule has 0 aromatic heterocycles. The summed E-state index contributed by atoms with van der Waals surface area (Å²) < 4.78 is 16.0. The number of likely N-dealkylation sites (tertiary alicyclic amines) is 1. The summed E-state index contributed by atoms with van der Waals surface area (Å²) in [5.74, 6) is 1.05. The van der Waals surface area contributed by atoms with Crippen molar-refractivity contribution in [3.63, 3.8) is 0 Å². The van der Waals surface area contributed by atoms with E-state index in [0.29, 0.717) is 45.5 Å². The summed E-state index contributed by atoms with van der Waals surface area (Å²) in [4.78, 5) is 40.4. The highest BCUT2D eigenvalue weighted by Gasteiger charge is 2.38. The van der Waals surface area contributed by atoms with E-state index >= 15 is 0 Å². The molecule has 1 aromatic rings. The van der Waals surface area contributed by atoms with E-state index in [1.165, 1.54) is 7.11 Å². The Hall–Kier alpha value is -2.62. The van der Waals surface area contributed by atoms with Gasteiger partial charge < -0.3 is 29.3 Å². The lowest BCUT2D eigenvalue weighted by Crippen LogP contribution is -2.53. The van der Waals surface area contributed by atoms with Crippen molar-refractivity contribution in [2.75, 3.05) is 45.4 Å². The van der Waals surface area contributed by atoms with Crippen LogP contribution in [-0.4, -0.2) is 91.4 Å². The van der Waals surface area contributed by atoms with Crippen LogP contribution in [0.5, 0.6) is 5.75 Å². The zero-order valence-corrected chi connectivity index (χ0v) is 19.3. The van der Waals surface area contributed by atoms with E-state index < -0.39 is 12.0 Å². The number of urea groups is 1. The highest BCUT2D eigenvalue weighted by molar-refractivity contribution is 7.98. The van der Waals surface area contributed by atoms with Crippen LogP contribution in [0.15, 0.2) is 30.3 Å². The van der Waals surface area contributed by atoms with Gasteiger partial charge in [-0.05, 0) is 43.4 Å². The number of thioether (sulfide) groups is 1. The van der Waals surface area contributed by atoms with Gasteiger partial charge in [0.05, 0.1) is 13.7 Å². The van der Waals surface area contributed by atoms with Crippen LogP contribution in [0, 0.1) is 0 Å². The predicted molar refractivity (Wildman–Crippen MR) is 121 cm³/mol. The lowest BCUT2D eigenvalue weighted by Gasteiger charge is -2.36. The number of cyclic esters (lactones) is 1. The van der Waals surface area contributed by atoms with Crippen LogP contribution < -0.4 is 10.1 Å². The number of ether oxygens (including phenoxy) is 3. The maximum absolute atomic E-state index is 12.6. The van der Waals surface area contributed by atoms with Crippen LogP contribution in [0.1, 0.15) is 19.3 Å². The molecule has 1 N–H and O–H groups in total. The minimum atomic E-state index is -0.656. The number of carbonyl (C=O) groups is 3. The van der Waals surface area contributed by atoms with Crippen LogP contribution >= 0.6 is 11.8 Å². The van der Waals surface area contributed by atoms with Gasteiger partial charge in [0.1, 0.15) is 18.4 Å². The summed E-state index contributed by atoms with van der Waals surface area (Å²) in [6.07, 6.45) is 3.12. The van der Waals surface area contributed by atoms with Gasteiger partial charge in [-0.25, -0.2) is 14.4 Å². The average molecular weight is 466 g/mol. The van der Waals surface area contributed by atoms with E-state index in [-0.39, 0.29) is 24.3 Å². The largest absolute Gasteiger partial charge is 0.490 e. The number of piperidine rings is 1. The molecule has 0 spiro atoms. The lowest BCUT2D eigenvalue weighted by molar-refractivity contribution is -0.142. The third-order valence-electron chi connectivity index (χ3n) is 5.67. The lowest BCUT2D eigenvalue weighted by atomic mass is 10.0. The molecule has 0 aliphatic carbocycles. The molecule has 0 bridgehead atoms. The Bertz CT molecular complexity index is 772. The molecular weight excluding hydrogens is 434 g/mol. The van der Waals surface area contributed by atoms with E-state index in [9.17, 15) is 14.4 Å². The number of carbonyl (C=O) groups excluding carboxylic acids is 3. The Balaban J connectivity index is 1.44. The van der Waals surface area contributed by atoms with Crippen molar-refractivity contribution in [1.82, 2.24) is 15.1 Å². The Morgan fingerprint density at radius 2 is 1.97 bits per heavy atom. The van der Waals surface area contributed by atoms with Gasteiger partial charge in [0.25, 0.3) is 0 Å². The van der Waals surface area contributed by atoms with Crippen LogP contribution in [0.4, 0.5) is 9.59 Å². The van der Waals surface area contributed by atoms with E-state index in [4.69, 9.17) is 14.2 Å². The van der Waals surface area contributed by atoms with Crippen molar-refractivity contribution in [3.05, 3.63) is 30.3 Å². The summed E-state index contributed by atoms with van der Waals surface area (Å²) in [7, 11) is 1.32. The van der Waals surface area contributed by atoms with Crippen molar-refractivity contribution < 1.29 is 28.6 Å². The first-order valence-electron chi connectivity index (χ1n) is 10.8. The number of benzene rings is 1. The predicted octanol–water partition coefficient (Wildman–Crippen LogP) is 2.35. The SMILES string of the molecule is COC(=O)C(CCSC)NC(=O)N1CCC(N2CC(COc3ccccc3)OC2=O)CC1. The maximum Gasteiger partial charge on any atom is 0.410 e. The molecule has 2 unspecified atom stereocenters. The number of esters is 1. The standard InChI is InChI=1S/C22H31N3O6S/c1-29-20(26)19(10-13-32-2)23-21(27)24-11-8-16(9-12-24)25-14-18(31-22(25)28)15-30-17-6-4-3-5-7-17/h3-7,16,18-19H,8-15H2,1-2H3,(H,23,27). The third kappa shape index (κ3) is 6.44. The van der Waals surface area contributed by atoms with Gasteiger partial charge in [-0.3, -0.25) is 0 Å². The summed E-state index contributed by atoms with van der Waals surface area (Å²) in [6.45, 7) is 1.78. The van der Waals surface area contributed by atoms with Crippen molar-refractivity contribution >= 4 is 29.9 Å².